The van der Waals surface area contributed by atoms with Gasteiger partial charge >= 0.3 is 0 Å². The van der Waals surface area contributed by atoms with Crippen LogP contribution < -0.4 is 5.73 Å². The maximum Gasteiger partial charge on any atom is 0.0472 e. The van der Waals surface area contributed by atoms with Crippen molar-refractivity contribution in [3.05, 3.63) is 11.8 Å². The second kappa shape index (κ2) is 2.21. The molecule has 0 amide bonds. The maximum absolute atomic E-state index is 5.65. The molecule has 0 fully saturated rings. The molecule has 2 N–H and O–H groups in total. The van der Waals surface area contributed by atoms with Gasteiger partial charge in [0.25, 0.3) is 0 Å². The van der Waals surface area contributed by atoms with E-state index in [2.05, 4.69) is 11.9 Å². The number of allylic oxidation sites excluding steroid dienone is 1. The van der Waals surface area contributed by atoms with Crippen molar-refractivity contribution >= 4 is 5.71 Å². The molecule has 1 rings (SSSR count). The third-order valence-electron chi connectivity index (χ3n) is 1.56. The molecule has 2 heteroatoms. The van der Waals surface area contributed by atoms with Gasteiger partial charge in [-0.05, 0) is 13.0 Å². The molecule has 2 nitrogen and oxygen atoms in total. The first-order valence-corrected chi connectivity index (χ1v) is 3.18. The van der Waals surface area contributed by atoms with Crippen LogP contribution in [0.1, 0.15) is 13.8 Å². The normalized spacial score (nSPS) is 27.1. The highest BCUT2D eigenvalue weighted by atomic mass is 14.8. The molecule has 0 radical (unpaired) electrons. The Bertz CT molecular complexity index is 168. The molecule has 1 heterocycles. The lowest BCUT2D eigenvalue weighted by atomic mass is 10.1. The van der Waals surface area contributed by atoms with Gasteiger partial charge in [0.1, 0.15) is 0 Å². The minimum atomic E-state index is 0.439. The summed E-state index contributed by atoms with van der Waals surface area (Å²) in [6.07, 6.45) is 1.94. The SMILES string of the molecule is CC1=NCC(C)C(N)=C1. The lowest BCUT2D eigenvalue weighted by Crippen LogP contribution is -2.17. The van der Waals surface area contributed by atoms with Crippen LogP contribution in [0.15, 0.2) is 16.8 Å². The molecule has 0 spiro atoms. The first-order valence-electron chi connectivity index (χ1n) is 3.18. The second-order valence-electron chi connectivity index (χ2n) is 2.53. The largest absolute Gasteiger partial charge is 0.402 e. The number of rotatable bonds is 0. The molecule has 1 aliphatic rings. The first-order chi connectivity index (χ1) is 4.20. The molecule has 0 saturated heterocycles. The topological polar surface area (TPSA) is 38.4 Å². The van der Waals surface area contributed by atoms with Gasteiger partial charge < -0.3 is 5.73 Å². The second-order valence-corrected chi connectivity index (χ2v) is 2.53. The van der Waals surface area contributed by atoms with Crippen molar-refractivity contribution in [1.29, 1.82) is 0 Å². The Balaban J connectivity index is 2.74. The van der Waals surface area contributed by atoms with Crippen LogP contribution in [0.2, 0.25) is 0 Å². The van der Waals surface area contributed by atoms with Crippen LogP contribution in [0, 0.1) is 5.92 Å². The zero-order valence-corrected chi connectivity index (χ0v) is 5.89. The lowest BCUT2D eigenvalue weighted by molar-refractivity contribution is 0.678. The van der Waals surface area contributed by atoms with E-state index < -0.39 is 0 Å². The molecule has 0 bridgehead atoms. The number of hydrogen-bond acceptors (Lipinski definition) is 2. The molecule has 0 aromatic rings. The molecule has 9 heavy (non-hydrogen) atoms. The van der Waals surface area contributed by atoms with Gasteiger partial charge in [-0.15, -0.1) is 0 Å². The van der Waals surface area contributed by atoms with Crippen LogP contribution in [0.25, 0.3) is 0 Å². The van der Waals surface area contributed by atoms with Gasteiger partial charge in [-0.1, -0.05) is 6.92 Å². The van der Waals surface area contributed by atoms with E-state index in [-0.39, 0.29) is 0 Å². The lowest BCUT2D eigenvalue weighted by Gasteiger charge is -2.13. The fourth-order valence-electron chi connectivity index (χ4n) is 0.815. The summed E-state index contributed by atoms with van der Waals surface area (Å²) in [4.78, 5) is 4.22. The fourth-order valence-corrected chi connectivity index (χ4v) is 0.815. The quantitative estimate of drug-likeness (QED) is 0.512. The van der Waals surface area contributed by atoms with E-state index in [0.717, 1.165) is 18.0 Å². The molecule has 50 valence electrons. The molecule has 0 aliphatic carbocycles. The van der Waals surface area contributed by atoms with Crippen LogP contribution >= 0.6 is 0 Å². The van der Waals surface area contributed by atoms with Crippen LogP contribution in [0.5, 0.6) is 0 Å². The highest BCUT2D eigenvalue weighted by Crippen LogP contribution is 2.09. The Morgan fingerprint density at radius 1 is 1.78 bits per heavy atom. The van der Waals surface area contributed by atoms with Crippen LogP contribution in [0.3, 0.4) is 0 Å². The average molecular weight is 124 g/mol. The van der Waals surface area contributed by atoms with Crippen LogP contribution in [0.4, 0.5) is 0 Å². The van der Waals surface area contributed by atoms with Crippen molar-refractivity contribution < 1.29 is 0 Å². The molecular formula is C7H12N2. The summed E-state index contributed by atoms with van der Waals surface area (Å²) in [5.41, 5.74) is 7.66. The summed E-state index contributed by atoms with van der Waals surface area (Å²) in [5.74, 6) is 0.439. The molecule has 1 unspecified atom stereocenters. The Labute approximate surface area is 55.5 Å². The predicted molar refractivity (Wildman–Crippen MR) is 39.4 cm³/mol. The molecule has 1 atom stereocenters. The Morgan fingerprint density at radius 3 is 2.89 bits per heavy atom. The van der Waals surface area contributed by atoms with Gasteiger partial charge in [0.2, 0.25) is 0 Å². The van der Waals surface area contributed by atoms with Crippen LogP contribution in [-0.2, 0) is 0 Å². The molecule has 1 aliphatic heterocycles. The zero-order valence-electron chi connectivity index (χ0n) is 5.89. The number of nitrogens with two attached hydrogens (primary N) is 1. The minimum absolute atomic E-state index is 0.439. The number of nitrogens with zero attached hydrogens (tertiary/aromatic N) is 1. The van der Waals surface area contributed by atoms with Crippen molar-refractivity contribution in [3.8, 4) is 0 Å². The van der Waals surface area contributed by atoms with E-state index in [0.29, 0.717) is 5.92 Å². The van der Waals surface area contributed by atoms with E-state index in [4.69, 9.17) is 5.73 Å². The van der Waals surface area contributed by atoms with E-state index >= 15 is 0 Å². The highest BCUT2D eigenvalue weighted by Gasteiger charge is 2.07. The summed E-state index contributed by atoms with van der Waals surface area (Å²) in [6, 6.07) is 0. The zero-order chi connectivity index (χ0) is 6.85. The van der Waals surface area contributed by atoms with Gasteiger partial charge in [-0.25, -0.2) is 0 Å². The van der Waals surface area contributed by atoms with Gasteiger partial charge in [0.05, 0.1) is 0 Å². The van der Waals surface area contributed by atoms with Gasteiger partial charge in [-0.3, -0.25) is 4.99 Å². The van der Waals surface area contributed by atoms with Gasteiger partial charge in [0.15, 0.2) is 0 Å². The third-order valence-corrected chi connectivity index (χ3v) is 1.56. The van der Waals surface area contributed by atoms with Crippen molar-refractivity contribution in [2.45, 2.75) is 13.8 Å². The average Bonchev–Trinajstić information content (AvgIpc) is 1.80. The van der Waals surface area contributed by atoms with Crippen molar-refractivity contribution in [2.75, 3.05) is 6.54 Å². The van der Waals surface area contributed by atoms with Gasteiger partial charge in [0, 0.05) is 23.9 Å². The minimum Gasteiger partial charge on any atom is -0.402 e. The van der Waals surface area contributed by atoms with Crippen molar-refractivity contribution in [1.82, 2.24) is 0 Å². The van der Waals surface area contributed by atoms with E-state index in [1.54, 1.807) is 0 Å². The number of dihydropyridines is 1. The smallest absolute Gasteiger partial charge is 0.0472 e. The van der Waals surface area contributed by atoms with Crippen molar-refractivity contribution in [3.63, 3.8) is 0 Å². The summed E-state index contributed by atoms with van der Waals surface area (Å²) in [6.45, 7) is 4.91. The molecule has 0 aromatic carbocycles. The monoisotopic (exact) mass is 124 g/mol. The highest BCUT2D eigenvalue weighted by molar-refractivity contribution is 5.93. The third kappa shape index (κ3) is 1.31. The fraction of sp³-hybridized carbons (Fsp3) is 0.571. The Morgan fingerprint density at radius 2 is 2.44 bits per heavy atom. The van der Waals surface area contributed by atoms with Gasteiger partial charge in [-0.2, -0.15) is 0 Å². The standard InChI is InChI=1S/C7H12N2/c1-5-4-9-6(2)3-7(5)8/h3,5H,4,8H2,1-2H3. The van der Waals surface area contributed by atoms with Crippen LogP contribution in [-0.4, -0.2) is 12.3 Å². The number of hydrogen-bond donors (Lipinski definition) is 1. The first kappa shape index (κ1) is 6.33. The predicted octanol–water partition coefficient (Wildman–Crippen LogP) is 0.940. The Hall–Kier alpha value is -0.790. The number of aliphatic imine (C=N–C) groups is 1. The Kier molecular flexibility index (Phi) is 1.56. The van der Waals surface area contributed by atoms with E-state index in [9.17, 15) is 0 Å². The molecular weight excluding hydrogens is 112 g/mol. The van der Waals surface area contributed by atoms with E-state index in [1.165, 1.54) is 0 Å². The summed E-state index contributed by atoms with van der Waals surface area (Å²) >= 11 is 0. The molecule has 0 saturated carbocycles. The van der Waals surface area contributed by atoms with Crippen molar-refractivity contribution in [2.24, 2.45) is 16.6 Å². The maximum atomic E-state index is 5.65. The van der Waals surface area contributed by atoms with E-state index in [1.807, 2.05) is 13.0 Å². The summed E-state index contributed by atoms with van der Waals surface area (Å²) < 4.78 is 0. The summed E-state index contributed by atoms with van der Waals surface area (Å²) in [5, 5.41) is 0. The molecule has 0 aromatic heterocycles. The summed E-state index contributed by atoms with van der Waals surface area (Å²) in [7, 11) is 0.